The van der Waals surface area contributed by atoms with E-state index in [-0.39, 0.29) is 18.9 Å². The molecule has 0 fully saturated rings. The Hall–Kier alpha value is -0.363. The summed E-state index contributed by atoms with van der Waals surface area (Å²) in [5, 5.41) is 0. The quantitative estimate of drug-likeness (QED) is 0.600. The third kappa shape index (κ3) is 3.90. The molecule has 0 spiro atoms. The van der Waals surface area contributed by atoms with E-state index in [0.717, 1.165) is 16.7 Å². The Balaban J connectivity index is 0.00000225. The molecule has 0 aliphatic heterocycles. The van der Waals surface area contributed by atoms with Gasteiger partial charge in [0.25, 0.3) is 0 Å². The first-order valence-electron chi connectivity index (χ1n) is 4.40. The van der Waals surface area contributed by atoms with E-state index in [4.69, 9.17) is 9.79 Å². The fourth-order valence-electron chi connectivity index (χ4n) is 1.62. The summed E-state index contributed by atoms with van der Waals surface area (Å²) in [6.45, 7) is 5.50. The minimum atomic E-state index is -2.65. The van der Waals surface area contributed by atoms with E-state index in [2.05, 4.69) is 4.52 Å². The summed E-state index contributed by atoms with van der Waals surface area (Å²) in [6, 6.07) is 3.70. The number of hydrogen-bond donors (Lipinski definition) is 2. The maximum absolute atomic E-state index is 11.5. The van der Waals surface area contributed by atoms with Gasteiger partial charge in [0.15, 0.2) is 0 Å². The molecule has 16 heavy (non-hydrogen) atoms. The molecule has 0 heterocycles. The summed E-state index contributed by atoms with van der Waals surface area (Å²) >= 11 is 0. The third-order valence-electron chi connectivity index (χ3n) is 2.05. The number of aryl methyl sites for hydroxylation is 3. The monoisotopic (exact) mass is 236 g/mol. The molecule has 0 aromatic heterocycles. The average molecular weight is 236 g/mol. The van der Waals surface area contributed by atoms with Gasteiger partial charge in [0, 0.05) is 0 Å². The van der Waals surface area contributed by atoms with E-state index >= 15 is 0 Å². The van der Waals surface area contributed by atoms with Crippen LogP contribution < -0.4 is 0 Å². The summed E-state index contributed by atoms with van der Waals surface area (Å²) in [5.74, 6) is -0.693. The Morgan fingerprint density at radius 1 is 1.19 bits per heavy atom. The summed E-state index contributed by atoms with van der Waals surface area (Å²) in [5.41, 5.74) is 3.00. The van der Waals surface area contributed by atoms with Crippen LogP contribution in [0.3, 0.4) is 0 Å². The van der Waals surface area contributed by atoms with Crippen molar-refractivity contribution in [3.63, 3.8) is 0 Å². The number of benzene rings is 1. The molecule has 84 valence electrons. The van der Waals surface area contributed by atoms with Crippen molar-refractivity contribution in [2.24, 2.45) is 0 Å². The van der Waals surface area contributed by atoms with Crippen LogP contribution in [-0.4, -0.2) is 34.6 Å². The molecule has 2 N–H and O–H groups in total. The topological polar surface area (TPSA) is 66.8 Å². The number of carbonyl (C=O) groups excluding carboxylic acids is 1. The van der Waals surface area contributed by atoms with Gasteiger partial charge in [-0.15, -0.1) is 0 Å². The first kappa shape index (κ1) is 15.6. The molecule has 4 nitrogen and oxygen atoms in total. The second kappa shape index (κ2) is 6.39. The minimum absolute atomic E-state index is 0. The Labute approximate surface area is 108 Å². The normalized spacial score (nSPS) is 9.88. The molecule has 0 unspecified atom stereocenters. The summed E-state index contributed by atoms with van der Waals surface area (Å²) in [4.78, 5) is 28.7. The molecule has 6 heteroatoms. The fraction of sp³-hybridized carbons (Fsp3) is 0.300. The molecule has 0 aliphatic carbocycles. The van der Waals surface area contributed by atoms with E-state index in [1.54, 1.807) is 13.8 Å². The number of rotatable bonds is 2. The summed E-state index contributed by atoms with van der Waals surface area (Å²) in [6.07, 6.45) is 0. The summed E-state index contributed by atoms with van der Waals surface area (Å²) < 4.78 is 4.37. The number of hydrogen-bond acceptors (Lipinski definition) is 4. The van der Waals surface area contributed by atoms with Gasteiger partial charge in [0.05, 0.1) is 5.56 Å². The van der Waals surface area contributed by atoms with Crippen LogP contribution in [0.5, 0.6) is 0 Å². The molecule has 1 rings (SSSR count). The molecular weight excluding hydrogens is 222 g/mol. The molecular formula is C10H14LiO4P. The molecule has 0 aliphatic rings. The van der Waals surface area contributed by atoms with Crippen LogP contribution in [0.25, 0.3) is 0 Å². The maximum atomic E-state index is 11.5. The van der Waals surface area contributed by atoms with E-state index < -0.39 is 14.6 Å². The molecule has 0 atom stereocenters. The van der Waals surface area contributed by atoms with Gasteiger partial charge in [0.1, 0.15) is 0 Å². The van der Waals surface area contributed by atoms with Crippen molar-refractivity contribution < 1.29 is 19.1 Å². The van der Waals surface area contributed by atoms with Gasteiger partial charge >= 0.3 is 33.4 Å². The standard InChI is InChI=1S/C10H13O4P.Li.H/c1-6-4-7(2)9(8(3)5-6)10(11)14-15(12)13;;/h4-5,12-13H,1-3H3;;. The number of carbonyl (C=O) groups is 1. The third-order valence-corrected chi connectivity index (χ3v) is 2.37. The van der Waals surface area contributed by atoms with Gasteiger partial charge < -0.3 is 14.3 Å². The van der Waals surface area contributed by atoms with Gasteiger partial charge in [-0.05, 0) is 31.9 Å². The van der Waals surface area contributed by atoms with Crippen LogP contribution in [0.15, 0.2) is 12.1 Å². The summed E-state index contributed by atoms with van der Waals surface area (Å²) in [7, 11) is -2.65. The zero-order chi connectivity index (χ0) is 11.6. The first-order chi connectivity index (χ1) is 6.91. The molecule has 0 saturated carbocycles. The Bertz CT molecular complexity index is 369. The van der Waals surface area contributed by atoms with Crippen molar-refractivity contribution in [2.75, 3.05) is 0 Å². The predicted molar refractivity (Wildman–Crippen MR) is 64.6 cm³/mol. The van der Waals surface area contributed by atoms with E-state index in [1.807, 2.05) is 19.1 Å². The second-order valence-corrected chi connectivity index (χ2v) is 4.09. The van der Waals surface area contributed by atoms with Crippen LogP contribution in [0.1, 0.15) is 27.0 Å². The van der Waals surface area contributed by atoms with Crippen molar-refractivity contribution >= 4 is 33.4 Å². The van der Waals surface area contributed by atoms with E-state index in [0.29, 0.717) is 5.56 Å². The van der Waals surface area contributed by atoms with Crippen molar-refractivity contribution in [3.8, 4) is 0 Å². The molecule has 1 aromatic carbocycles. The van der Waals surface area contributed by atoms with Crippen LogP contribution in [0.2, 0.25) is 0 Å². The SMILES string of the molecule is Cc1cc(C)c(C(=O)OP(O)O)c(C)c1.[LiH]. The zero-order valence-electron chi connectivity index (χ0n) is 8.81. The molecule has 1 aromatic rings. The van der Waals surface area contributed by atoms with E-state index in [9.17, 15) is 4.79 Å². The zero-order valence-corrected chi connectivity index (χ0v) is 9.71. The Morgan fingerprint density at radius 3 is 2.00 bits per heavy atom. The van der Waals surface area contributed by atoms with Crippen LogP contribution in [0.4, 0.5) is 0 Å². The van der Waals surface area contributed by atoms with Crippen molar-refractivity contribution in [1.29, 1.82) is 0 Å². The average Bonchev–Trinajstić information content (AvgIpc) is 1.99. The second-order valence-electron chi connectivity index (χ2n) is 3.41. The Kier molecular flexibility index (Phi) is 6.25. The predicted octanol–water partition coefficient (Wildman–Crippen LogP) is 1.33. The van der Waals surface area contributed by atoms with Gasteiger partial charge in [0.2, 0.25) is 0 Å². The Morgan fingerprint density at radius 2 is 1.62 bits per heavy atom. The van der Waals surface area contributed by atoms with Gasteiger partial charge in [-0.1, -0.05) is 17.7 Å². The van der Waals surface area contributed by atoms with Crippen molar-refractivity contribution in [2.45, 2.75) is 20.8 Å². The van der Waals surface area contributed by atoms with Crippen molar-refractivity contribution in [1.82, 2.24) is 0 Å². The van der Waals surface area contributed by atoms with Gasteiger partial charge in [-0.3, -0.25) is 0 Å². The molecule has 0 bridgehead atoms. The molecule has 0 amide bonds. The van der Waals surface area contributed by atoms with Crippen LogP contribution in [0, 0.1) is 20.8 Å². The van der Waals surface area contributed by atoms with Crippen LogP contribution in [-0.2, 0) is 4.52 Å². The fourth-order valence-corrected chi connectivity index (χ4v) is 1.86. The van der Waals surface area contributed by atoms with Gasteiger partial charge in [-0.2, -0.15) is 0 Å². The van der Waals surface area contributed by atoms with Crippen molar-refractivity contribution in [3.05, 3.63) is 34.4 Å². The molecule has 0 radical (unpaired) electrons. The van der Waals surface area contributed by atoms with E-state index in [1.165, 1.54) is 0 Å². The molecule has 0 saturated heterocycles. The van der Waals surface area contributed by atoms with Gasteiger partial charge in [-0.25, -0.2) is 4.79 Å². The van der Waals surface area contributed by atoms with Crippen LogP contribution >= 0.6 is 8.60 Å². The first-order valence-corrected chi connectivity index (χ1v) is 5.56.